The molecular weight excluding hydrogens is 378 g/mol. The van der Waals surface area contributed by atoms with Crippen LogP contribution in [-0.4, -0.2) is 59.5 Å². The van der Waals surface area contributed by atoms with Crippen molar-refractivity contribution in [2.45, 2.75) is 6.61 Å². The minimum absolute atomic E-state index is 0.0472. The number of carbonyl (C=O) groups excluding carboxylic acids is 2. The Hall–Kier alpha value is -2.58. The minimum atomic E-state index is -0.151. The first-order valence-corrected chi connectivity index (χ1v) is 10.2. The molecule has 0 saturated carbocycles. The van der Waals surface area contributed by atoms with Crippen LogP contribution < -0.4 is 10.1 Å². The molecule has 1 N–H and O–H groups in total. The first-order chi connectivity index (χ1) is 13.7. The second-order valence-electron chi connectivity index (χ2n) is 6.17. The zero-order valence-electron chi connectivity index (χ0n) is 15.5. The molecule has 0 unspecified atom stereocenters. The molecule has 2 aromatic rings. The van der Waals surface area contributed by atoms with Gasteiger partial charge in [-0.05, 0) is 24.3 Å². The summed E-state index contributed by atoms with van der Waals surface area (Å²) in [6, 6.07) is 12.9. The number of hydrogen-bond donors (Lipinski definition) is 1. The minimum Gasteiger partial charge on any atom is -0.487 e. The van der Waals surface area contributed by atoms with E-state index in [0.29, 0.717) is 50.1 Å². The van der Waals surface area contributed by atoms with Gasteiger partial charge in [0.25, 0.3) is 0 Å². The van der Waals surface area contributed by atoms with Crippen LogP contribution in [0, 0.1) is 0 Å². The molecule has 0 radical (unpaired) electrons. The van der Waals surface area contributed by atoms with Gasteiger partial charge in [0.2, 0.25) is 11.8 Å². The van der Waals surface area contributed by atoms with Crippen molar-refractivity contribution in [1.82, 2.24) is 9.88 Å². The van der Waals surface area contributed by atoms with Gasteiger partial charge in [0, 0.05) is 31.0 Å². The Bertz CT molecular complexity index is 782. The second-order valence-corrected chi connectivity index (χ2v) is 7.16. The first kappa shape index (κ1) is 20.2. The highest BCUT2D eigenvalue weighted by atomic mass is 32.2. The predicted octanol–water partition coefficient (Wildman–Crippen LogP) is 2.19. The fraction of sp³-hybridized carbons (Fsp3) is 0.350. The molecule has 1 aromatic carbocycles. The van der Waals surface area contributed by atoms with E-state index in [0.717, 1.165) is 5.69 Å². The van der Waals surface area contributed by atoms with E-state index in [2.05, 4.69) is 10.3 Å². The number of amides is 2. The van der Waals surface area contributed by atoms with Crippen molar-refractivity contribution in [3.63, 3.8) is 0 Å². The van der Waals surface area contributed by atoms with E-state index in [1.807, 2.05) is 30.3 Å². The third kappa shape index (κ3) is 6.54. The molecule has 148 valence electrons. The van der Waals surface area contributed by atoms with E-state index in [1.165, 1.54) is 11.8 Å². The number of morpholine rings is 1. The Morgan fingerprint density at radius 1 is 1.14 bits per heavy atom. The third-order valence-electron chi connectivity index (χ3n) is 4.05. The molecule has 1 fully saturated rings. The van der Waals surface area contributed by atoms with Crippen LogP contribution in [0.1, 0.15) is 5.69 Å². The van der Waals surface area contributed by atoms with Gasteiger partial charge < -0.3 is 19.7 Å². The topological polar surface area (TPSA) is 80.8 Å². The Labute approximate surface area is 168 Å². The van der Waals surface area contributed by atoms with Gasteiger partial charge in [-0.25, -0.2) is 0 Å². The van der Waals surface area contributed by atoms with Crippen LogP contribution in [0.4, 0.5) is 5.69 Å². The smallest absolute Gasteiger partial charge is 0.234 e. The molecule has 0 spiro atoms. The maximum Gasteiger partial charge on any atom is 0.234 e. The molecule has 0 aliphatic carbocycles. The zero-order chi connectivity index (χ0) is 19.6. The molecule has 0 bridgehead atoms. The largest absolute Gasteiger partial charge is 0.487 e. The molecule has 1 aromatic heterocycles. The van der Waals surface area contributed by atoms with Crippen molar-refractivity contribution in [2.24, 2.45) is 0 Å². The average Bonchev–Trinajstić information content (AvgIpc) is 2.74. The maximum atomic E-state index is 12.1. The lowest BCUT2D eigenvalue weighted by atomic mass is 10.3. The van der Waals surface area contributed by atoms with E-state index in [9.17, 15) is 9.59 Å². The summed E-state index contributed by atoms with van der Waals surface area (Å²) in [7, 11) is 0. The molecule has 8 heteroatoms. The summed E-state index contributed by atoms with van der Waals surface area (Å²) < 4.78 is 10.9. The van der Waals surface area contributed by atoms with Crippen LogP contribution in [0.5, 0.6) is 5.75 Å². The predicted molar refractivity (Wildman–Crippen MR) is 108 cm³/mol. The van der Waals surface area contributed by atoms with Gasteiger partial charge in [-0.15, -0.1) is 11.8 Å². The second kappa shape index (κ2) is 10.7. The summed E-state index contributed by atoms with van der Waals surface area (Å²) in [5, 5.41) is 2.83. The molecule has 1 aliphatic rings. The standard InChI is InChI=1S/C20H23N3O4S/c24-19(14-28-15-20(25)23-8-10-26-11-9-23)22-16-5-3-6-18(12-16)27-13-17-4-1-2-7-21-17/h1-7,12H,8-11,13-15H2,(H,22,24). The lowest BCUT2D eigenvalue weighted by Crippen LogP contribution is -2.41. The maximum absolute atomic E-state index is 12.1. The third-order valence-corrected chi connectivity index (χ3v) is 4.97. The number of hydrogen-bond acceptors (Lipinski definition) is 6. The van der Waals surface area contributed by atoms with Gasteiger partial charge in [-0.3, -0.25) is 14.6 Å². The van der Waals surface area contributed by atoms with E-state index in [-0.39, 0.29) is 17.6 Å². The van der Waals surface area contributed by atoms with Gasteiger partial charge in [0.15, 0.2) is 0 Å². The summed E-state index contributed by atoms with van der Waals surface area (Å²) in [6.07, 6.45) is 1.72. The Kier molecular flexibility index (Phi) is 7.69. The number of rotatable bonds is 8. The number of ether oxygens (including phenoxy) is 2. The highest BCUT2D eigenvalue weighted by Gasteiger charge is 2.17. The molecule has 3 rings (SSSR count). The van der Waals surface area contributed by atoms with Crippen molar-refractivity contribution in [2.75, 3.05) is 43.1 Å². The molecule has 7 nitrogen and oxygen atoms in total. The molecule has 1 aliphatic heterocycles. The SMILES string of the molecule is O=C(CSCC(=O)N1CCOCC1)Nc1cccc(OCc2ccccn2)c1. The number of benzene rings is 1. The average molecular weight is 401 g/mol. The van der Waals surface area contributed by atoms with Gasteiger partial charge >= 0.3 is 0 Å². The van der Waals surface area contributed by atoms with Crippen LogP contribution >= 0.6 is 11.8 Å². The summed E-state index contributed by atoms with van der Waals surface area (Å²) in [4.78, 5) is 30.2. The van der Waals surface area contributed by atoms with Gasteiger partial charge in [-0.2, -0.15) is 0 Å². The number of pyridine rings is 1. The van der Waals surface area contributed by atoms with Crippen LogP contribution in [0.2, 0.25) is 0 Å². The Balaban J connectivity index is 1.40. The molecule has 1 saturated heterocycles. The fourth-order valence-corrected chi connectivity index (χ4v) is 3.35. The molecule has 28 heavy (non-hydrogen) atoms. The van der Waals surface area contributed by atoms with Crippen molar-refractivity contribution >= 4 is 29.3 Å². The monoisotopic (exact) mass is 401 g/mol. The fourth-order valence-electron chi connectivity index (χ4n) is 2.64. The summed E-state index contributed by atoms with van der Waals surface area (Å²) >= 11 is 1.31. The summed E-state index contributed by atoms with van der Waals surface area (Å²) in [5.41, 5.74) is 1.49. The summed E-state index contributed by atoms with van der Waals surface area (Å²) in [6.45, 7) is 2.76. The molecule has 2 amide bonds. The number of anilines is 1. The lowest BCUT2D eigenvalue weighted by Gasteiger charge is -2.26. The van der Waals surface area contributed by atoms with Gasteiger partial charge in [0.05, 0.1) is 30.4 Å². The molecular formula is C20H23N3O4S. The van der Waals surface area contributed by atoms with E-state index in [1.54, 1.807) is 23.2 Å². The Morgan fingerprint density at radius 3 is 2.79 bits per heavy atom. The normalized spacial score (nSPS) is 13.8. The van der Waals surface area contributed by atoms with Crippen LogP contribution in [0.25, 0.3) is 0 Å². The number of nitrogens with zero attached hydrogens (tertiary/aromatic N) is 2. The highest BCUT2D eigenvalue weighted by molar-refractivity contribution is 8.00. The van der Waals surface area contributed by atoms with Gasteiger partial charge in [0.1, 0.15) is 12.4 Å². The zero-order valence-corrected chi connectivity index (χ0v) is 16.3. The van der Waals surface area contributed by atoms with E-state index >= 15 is 0 Å². The number of nitrogens with one attached hydrogen (secondary N) is 1. The van der Waals surface area contributed by atoms with Crippen LogP contribution in [-0.2, 0) is 20.9 Å². The van der Waals surface area contributed by atoms with E-state index < -0.39 is 0 Å². The van der Waals surface area contributed by atoms with Gasteiger partial charge in [-0.1, -0.05) is 12.1 Å². The quantitative estimate of drug-likeness (QED) is 0.730. The van der Waals surface area contributed by atoms with E-state index in [4.69, 9.17) is 9.47 Å². The lowest BCUT2D eigenvalue weighted by molar-refractivity contribution is -0.132. The number of carbonyl (C=O) groups is 2. The van der Waals surface area contributed by atoms with Crippen LogP contribution in [0.15, 0.2) is 48.7 Å². The number of aromatic nitrogens is 1. The molecule has 0 atom stereocenters. The van der Waals surface area contributed by atoms with Crippen molar-refractivity contribution < 1.29 is 19.1 Å². The highest BCUT2D eigenvalue weighted by Crippen LogP contribution is 2.18. The summed E-state index contributed by atoms with van der Waals surface area (Å²) in [5.74, 6) is 1.06. The van der Waals surface area contributed by atoms with Crippen LogP contribution in [0.3, 0.4) is 0 Å². The van der Waals surface area contributed by atoms with Crippen molar-refractivity contribution in [3.05, 3.63) is 54.4 Å². The molecule has 2 heterocycles. The first-order valence-electron chi connectivity index (χ1n) is 9.06. The number of thioether (sulfide) groups is 1. The Morgan fingerprint density at radius 2 is 2.00 bits per heavy atom. The van der Waals surface area contributed by atoms with Crippen molar-refractivity contribution in [3.8, 4) is 5.75 Å². The van der Waals surface area contributed by atoms with Crippen molar-refractivity contribution in [1.29, 1.82) is 0 Å².